The van der Waals surface area contributed by atoms with E-state index in [9.17, 15) is 9.59 Å². The number of para-hydroxylation sites is 2. The summed E-state index contributed by atoms with van der Waals surface area (Å²) in [6, 6.07) is 25.9. The number of fused-ring (bicyclic) bond motifs is 1. The molecule has 0 atom stereocenters. The topological polar surface area (TPSA) is 74.3 Å². The van der Waals surface area contributed by atoms with Gasteiger partial charge in [-0.25, -0.2) is 9.48 Å². The molecule has 6 heteroatoms. The highest BCUT2D eigenvalue weighted by atomic mass is 16.5. The minimum absolute atomic E-state index is 0.0172. The largest absolute Gasteiger partial charge is 0.497 e. The van der Waals surface area contributed by atoms with Gasteiger partial charge in [-0.3, -0.25) is 4.79 Å². The van der Waals surface area contributed by atoms with Crippen molar-refractivity contribution in [3.8, 4) is 22.7 Å². The summed E-state index contributed by atoms with van der Waals surface area (Å²) in [6.07, 6.45) is 4.89. The van der Waals surface area contributed by atoms with Gasteiger partial charge in [0.05, 0.1) is 18.5 Å². The van der Waals surface area contributed by atoms with E-state index in [4.69, 9.17) is 14.3 Å². The second kappa shape index (κ2) is 9.03. The number of allylic oxidation sites excluding steroid dienone is 1. The number of hydrogen-bond donors (Lipinski definition) is 0. The molecule has 0 saturated carbocycles. The highest BCUT2D eigenvalue weighted by molar-refractivity contribution is 6.08. The van der Waals surface area contributed by atoms with E-state index >= 15 is 0 Å². The Kier molecular flexibility index (Phi) is 5.62. The van der Waals surface area contributed by atoms with E-state index in [1.54, 1.807) is 42.1 Å². The molecule has 0 aliphatic carbocycles. The van der Waals surface area contributed by atoms with Crippen LogP contribution >= 0.6 is 0 Å². The normalized spacial score (nSPS) is 11.2. The van der Waals surface area contributed by atoms with Gasteiger partial charge in [0.25, 0.3) is 0 Å². The van der Waals surface area contributed by atoms with Gasteiger partial charge in [0, 0.05) is 22.7 Å². The van der Waals surface area contributed by atoms with E-state index < -0.39 is 11.4 Å². The maximum absolute atomic E-state index is 12.9. The van der Waals surface area contributed by atoms with Crippen LogP contribution < -0.4 is 10.4 Å². The Hall–Kier alpha value is -4.71. The van der Waals surface area contributed by atoms with Gasteiger partial charge in [0.2, 0.25) is 0 Å². The number of methoxy groups -OCH3 is 1. The van der Waals surface area contributed by atoms with Crippen LogP contribution in [0.15, 0.2) is 106 Å². The molecule has 0 N–H and O–H groups in total. The third-order valence-electron chi connectivity index (χ3n) is 5.45. The van der Waals surface area contributed by atoms with Gasteiger partial charge in [-0.2, -0.15) is 5.10 Å². The van der Waals surface area contributed by atoms with E-state index in [0.717, 1.165) is 22.6 Å². The number of ether oxygens (including phenoxy) is 1. The molecule has 0 unspecified atom stereocenters. The molecule has 6 nitrogen and oxygen atoms in total. The first kappa shape index (κ1) is 21.2. The van der Waals surface area contributed by atoms with Gasteiger partial charge in [-0.15, -0.1) is 0 Å². The third-order valence-corrected chi connectivity index (χ3v) is 5.45. The van der Waals surface area contributed by atoms with Crippen LogP contribution in [-0.2, 0) is 0 Å². The highest BCUT2D eigenvalue weighted by Crippen LogP contribution is 2.27. The van der Waals surface area contributed by atoms with Crippen molar-refractivity contribution < 1.29 is 13.9 Å². The van der Waals surface area contributed by atoms with Gasteiger partial charge in [0.1, 0.15) is 16.9 Å². The lowest BCUT2D eigenvalue weighted by molar-refractivity contribution is 0.104. The lowest BCUT2D eigenvalue weighted by Gasteiger charge is -2.02. The van der Waals surface area contributed by atoms with Crippen LogP contribution in [0.4, 0.5) is 0 Å². The minimum Gasteiger partial charge on any atom is -0.497 e. The van der Waals surface area contributed by atoms with Crippen molar-refractivity contribution in [2.24, 2.45) is 0 Å². The predicted octanol–water partition coefficient (Wildman–Crippen LogP) is 5.55. The van der Waals surface area contributed by atoms with Crippen LogP contribution in [0.25, 0.3) is 34.0 Å². The first-order valence-corrected chi connectivity index (χ1v) is 10.7. The van der Waals surface area contributed by atoms with Crippen molar-refractivity contribution in [1.29, 1.82) is 0 Å². The average Bonchev–Trinajstić information content (AvgIpc) is 3.31. The van der Waals surface area contributed by atoms with Crippen molar-refractivity contribution in [3.05, 3.63) is 119 Å². The maximum atomic E-state index is 12.9. The Morgan fingerprint density at radius 1 is 0.971 bits per heavy atom. The van der Waals surface area contributed by atoms with Crippen LogP contribution in [0.5, 0.6) is 5.75 Å². The van der Waals surface area contributed by atoms with E-state index in [0.29, 0.717) is 16.7 Å². The lowest BCUT2D eigenvalue weighted by atomic mass is 10.1. The van der Waals surface area contributed by atoms with E-state index in [1.807, 2.05) is 66.9 Å². The third kappa shape index (κ3) is 4.17. The Morgan fingerprint density at radius 2 is 1.71 bits per heavy atom. The van der Waals surface area contributed by atoms with Crippen LogP contribution in [0.2, 0.25) is 0 Å². The number of carbonyl (C=O) groups is 1. The molecular formula is C28H20N2O4. The summed E-state index contributed by atoms with van der Waals surface area (Å²) >= 11 is 0. The molecule has 0 aliphatic rings. The molecule has 0 fully saturated rings. The molecule has 3 aromatic carbocycles. The summed E-state index contributed by atoms with van der Waals surface area (Å²) in [5.74, 6) is 0.300. The predicted molar refractivity (Wildman–Crippen MR) is 131 cm³/mol. The number of carbonyl (C=O) groups excluding carboxylic acids is 1. The van der Waals surface area contributed by atoms with Crippen LogP contribution in [0, 0.1) is 0 Å². The molecule has 0 radical (unpaired) electrons. The van der Waals surface area contributed by atoms with Crippen molar-refractivity contribution in [1.82, 2.24) is 9.78 Å². The zero-order valence-electron chi connectivity index (χ0n) is 18.3. The zero-order chi connectivity index (χ0) is 23.5. The molecule has 5 rings (SSSR count). The van der Waals surface area contributed by atoms with Crippen LogP contribution in [0.1, 0.15) is 15.9 Å². The Bertz CT molecular complexity index is 1560. The van der Waals surface area contributed by atoms with Crippen molar-refractivity contribution >= 4 is 22.8 Å². The second-order valence-corrected chi connectivity index (χ2v) is 7.62. The number of rotatable bonds is 6. The first-order chi connectivity index (χ1) is 16.6. The highest BCUT2D eigenvalue weighted by Gasteiger charge is 2.14. The smallest absolute Gasteiger partial charge is 0.347 e. The fourth-order valence-electron chi connectivity index (χ4n) is 3.68. The first-order valence-electron chi connectivity index (χ1n) is 10.7. The molecule has 0 amide bonds. The summed E-state index contributed by atoms with van der Waals surface area (Å²) in [5.41, 5.74) is 2.94. The number of nitrogens with zero attached hydrogens (tertiary/aromatic N) is 2. The lowest BCUT2D eigenvalue weighted by Crippen LogP contribution is -2.11. The molecule has 0 saturated heterocycles. The molecule has 0 bridgehead atoms. The molecule has 166 valence electrons. The van der Waals surface area contributed by atoms with Crippen molar-refractivity contribution in [2.75, 3.05) is 7.11 Å². The Balaban J connectivity index is 1.54. The average molecular weight is 448 g/mol. The Morgan fingerprint density at radius 3 is 2.47 bits per heavy atom. The van der Waals surface area contributed by atoms with Crippen molar-refractivity contribution in [3.63, 3.8) is 0 Å². The quantitative estimate of drug-likeness (QED) is 0.193. The zero-order valence-corrected chi connectivity index (χ0v) is 18.3. The standard InChI is InChI=1S/C28H20N2O4/c1-33-23-14-11-19(12-15-23)27-21(18-30(29-27)22-8-3-2-4-9-22)13-16-25(31)24-17-20-7-5-6-10-26(20)34-28(24)32/h2-18H,1H3/b16-13+. The van der Waals surface area contributed by atoms with Gasteiger partial charge < -0.3 is 9.15 Å². The number of benzene rings is 3. The number of hydrogen-bond acceptors (Lipinski definition) is 5. The minimum atomic E-state index is -0.663. The maximum Gasteiger partial charge on any atom is 0.347 e. The second-order valence-electron chi connectivity index (χ2n) is 7.62. The Labute approximate surface area is 195 Å². The number of ketones is 1. The van der Waals surface area contributed by atoms with E-state index in [-0.39, 0.29) is 5.56 Å². The molecule has 2 heterocycles. The fourth-order valence-corrected chi connectivity index (χ4v) is 3.68. The summed E-state index contributed by atoms with van der Waals surface area (Å²) in [6.45, 7) is 0. The van der Waals surface area contributed by atoms with E-state index in [2.05, 4.69) is 0 Å². The number of aromatic nitrogens is 2. The van der Waals surface area contributed by atoms with Crippen molar-refractivity contribution in [2.45, 2.75) is 0 Å². The van der Waals surface area contributed by atoms with Crippen LogP contribution in [0.3, 0.4) is 0 Å². The summed E-state index contributed by atoms with van der Waals surface area (Å²) < 4.78 is 12.3. The molecule has 2 aromatic heterocycles. The molecule has 0 aliphatic heterocycles. The molecular weight excluding hydrogens is 428 g/mol. The molecule has 5 aromatic rings. The summed E-state index contributed by atoms with van der Waals surface area (Å²) in [5, 5.41) is 5.44. The molecule has 0 spiro atoms. The van der Waals surface area contributed by atoms with E-state index in [1.165, 1.54) is 6.08 Å². The fraction of sp³-hybridized carbons (Fsp3) is 0.0357. The SMILES string of the molecule is COc1ccc(-c2nn(-c3ccccc3)cc2/C=C/C(=O)c2cc3ccccc3oc2=O)cc1. The summed E-state index contributed by atoms with van der Waals surface area (Å²) in [7, 11) is 1.61. The van der Waals surface area contributed by atoms with Gasteiger partial charge in [-0.05, 0) is 60.7 Å². The monoisotopic (exact) mass is 448 g/mol. The molecule has 34 heavy (non-hydrogen) atoms. The van der Waals surface area contributed by atoms with Gasteiger partial charge >= 0.3 is 5.63 Å². The van der Waals surface area contributed by atoms with Crippen LogP contribution in [-0.4, -0.2) is 22.7 Å². The van der Waals surface area contributed by atoms with Gasteiger partial charge in [-0.1, -0.05) is 36.4 Å². The van der Waals surface area contributed by atoms with Gasteiger partial charge in [0.15, 0.2) is 5.78 Å². The summed E-state index contributed by atoms with van der Waals surface area (Å²) in [4.78, 5) is 25.3.